The normalized spacial score (nSPS) is 49.6. The van der Waals surface area contributed by atoms with Gasteiger partial charge in [0.05, 0.1) is 31.8 Å². The molecule has 0 aromatic carbocycles. The summed E-state index contributed by atoms with van der Waals surface area (Å²) in [6.07, 6.45) is 0. The van der Waals surface area contributed by atoms with Crippen molar-refractivity contribution in [3.8, 4) is 0 Å². The van der Waals surface area contributed by atoms with Gasteiger partial charge < -0.3 is 18.7 Å². The number of fused-ring (bicyclic) bond motifs is 3. The van der Waals surface area contributed by atoms with E-state index in [0.29, 0.717) is 19.8 Å². The third kappa shape index (κ3) is 1.30. The fraction of sp³-hybridized carbons (Fsp3) is 1.00. The van der Waals surface area contributed by atoms with Gasteiger partial charge >= 0.3 is 0 Å². The Labute approximate surface area is 70.6 Å². The molecule has 0 saturated carbocycles. The van der Waals surface area contributed by atoms with Gasteiger partial charge in [-0.2, -0.15) is 0 Å². The van der Waals surface area contributed by atoms with Crippen molar-refractivity contribution in [1.29, 1.82) is 0 Å². The molecule has 1 radical (unpaired) electrons. The van der Waals surface area contributed by atoms with Gasteiger partial charge in [0.1, 0.15) is 0 Å². The number of hydrogen-bond donors (Lipinski definition) is 2. The summed E-state index contributed by atoms with van der Waals surface area (Å²) in [5.41, 5.74) is -0.329. The van der Waals surface area contributed by atoms with Crippen molar-refractivity contribution in [2.45, 2.75) is 0 Å². The van der Waals surface area contributed by atoms with E-state index in [0.717, 1.165) is 0 Å². The highest BCUT2D eigenvalue weighted by Crippen LogP contribution is 2.73. The summed E-state index contributed by atoms with van der Waals surface area (Å²) in [6, 6.07) is 0. The predicted octanol–water partition coefficient (Wildman–Crippen LogP) is 0.649. The lowest BCUT2D eigenvalue weighted by Gasteiger charge is -2.49. The van der Waals surface area contributed by atoms with E-state index in [1.807, 2.05) is 0 Å². The number of rotatable bonds is 1. The van der Waals surface area contributed by atoms with Crippen LogP contribution in [0.2, 0.25) is 0 Å². The van der Waals surface area contributed by atoms with Crippen LogP contribution in [0.4, 0.5) is 0 Å². The lowest BCUT2D eigenvalue weighted by atomic mass is 9.93. The Kier molecular flexibility index (Phi) is 1.91. The first-order valence-electron chi connectivity index (χ1n) is 3.34. The van der Waals surface area contributed by atoms with Gasteiger partial charge in [-0.05, 0) is 0 Å². The maximum absolute atomic E-state index is 9.00. The molecule has 3 saturated heterocycles. The van der Waals surface area contributed by atoms with Crippen LogP contribution in [0.25, 0.3) is 0 Å². The summed E-state index contributed by atoms with van der Waals surface area (Å²) in [7, 11) is -2.25. The molecule has 0 aromatic rings. The third-order valence-corrected chi connectivity index (χ3v) is 4.34. The molecule has 3 rings (SSSR count). The first-order chi connectivity index (χ1) is 5.18. The zero-order valence-electron chi connectivity index (χ0n) is 5.89. The quantitative estimate of drug-likeness (QED) is 0.478. The Morgan fingerprint density at radius 3 is 2.09 bits per heavy atom. The Bertz CT molecular complexity index is 151. The van der Waals surface area contributed by atoms with Crippen LogP contribution < -0.4 is 0 Å². The average molecular weight is 197 g/mol. The van der Waals surface area contributed by atoms with E-state index >= 15 is 0 Å². The van der Waals surface area contributed by atoms with Crippen LogP contribution in [0.15, 0.2) is 0 Å². The Morgan fingerprint density at radius 1 is 1.27 bits per heavy atom. The maximum Gasteiger partial charge on any atom is 0.291 e. The highest BCUT2D eigenvalue weighted by Gasteiger charge is 2.49. The van der Waals surface area contributed by atoms with Crippen LogP contribution in [-0.2, 0) is 13.6 Å². The monoisotopic (exact) mass is 197 g/mol. The van der Waals surface area contributed by atoms with E-state index in [1.165, 1.54) is 0 Å². The van der Waals surface area contributed by atoms with Crippen LogP contribution in [0.1, 0.15) is 0 Å². The molecule has 0 atom stereocenters. The van der Waals surface area contributed by atoms with Crippen LogP contribution in [0.3, 0.4) is 0 Å². The van der Waals surface area contributed by atoms with Gasteiger partial charge in [-0.15, -0.1) is 0 Å². The van der Waals surface area contributed by atoms with Crippen molar-refractivity contribution in [2.24, 2.45) is 5.41 Å². The molecule has 2 bridgehead atoms. The average Bonchev–Trinajstić information content (AvgIpc) is 2.07. The van der Waals surface area contributed by atoms with Gasteiger partial charge in [0, 0.05) is 0 Å². The molecule has 1 N–H and O–H groups in total. The van der Waals surface area contributed by atoms with E-state index in [-0.39, 0.29) is 12.0 Å². The third-order valence-electron chi connectivity index (χ3n) is 1.94. The van der Waals surface area contributed by atoms with E-state index in [1.54, 1.807) is 0 Å². The molecule has 0 spiro atoms. The lowest BCUT2D eigenvalue weighted by Crippen LogP contribution is -2.47. The van der Waals surface area contributed by atoms with Gasteiger partial charge in [0.15, 0.2) is 0 Å². The van der Waals surface area contributed by atoms with Crippen molar-refractivity contribution in [3.63, 3.8) is 0 Å². The summed E-state index contributed by atoms with van der Waals surface area (Å²) >= 11 is 4.13. The Morgan fingerprint density at radius 2 is 1.73 bits per heavy atom. The number of hydrogen-bond acceptors (Lipinski definition) is 5. The van der Waals surface area contributed by atoms with E-state index in [2.05, 4.69) is 12.2 Å². The zero-order valence-corrected chi connectivity index (χ0v) is 7.68. The zero-order chi connectivity index (χ0) is 7.95. The van der Waals surface area contributed by atoms with Gasteiger partial charge in [0.2, 0.25) is 0 Å². The van der Waals surface area contributed by atoms with Crippen molar-refractivity contribution in [2.75, 3.05) is 26.4 Å². The van der Waals surface area contributed by atoms with Crippen molar-refractivity contribution >= 4 is 19.4 Å². The number of thiol groups is 1. The molecule has 6 heteroatoms. The fourth-order valence-electron chi connectivity index (χ4n) is 1.03. The summed E-state index contributed by atoms with van der Waals surface area (Å²) in [5.74, 6) is 0. The standard InChI is InChI=1S/C5H10O4PS/c6-1-5-2-7-10(11,8-3-5)9-4-5/h6,11H,1-4H2. The molecular weight excluding hydrogens is 187 g/mol. The molecule has 0 aromatic heterocycles. The fourth-order valence-corrected chi connectivity index (χ4v) is 3.08. The molecule has 3 aliphatic rings. The second-order valence-electron chi connectivity index (χ2n) is 2.95. The van der Waals surface area contributed by atoms with Crippen LogP contribution in [0.5, 0.6) is 0 Å². The van der Waals surface area contributed by atoms with Crippen LogP contribution in [-0.4, -0.2) is 31.5 Å². The molecule has 0 unspecified atom stereocenters. The topological polar surface area (TPSA) is 47.9 Å². The number of aliphatic hydroxyl groups is 1. The highest BCUT2D eigenvalue weighted by molar-refractivity contribution is 8.47. The van der Waals surface area contributed by atoms with Gasteiger partial charge in [-0.25, -0.2) is 0 Å². The highest BCUT2D eigenvalue weighted by atomic mass is 32.7. The maximum atomic E-state index is 9.00. The van der Waals surface area contributed by atoms with Crippen LogP contribution >= 0.6 is 19.4 Å². The van der Waals surface area contributed by atoms with E-state index < -0.39 is 7.15 Å². The van der Waals surface area contributed by atoms with Crippen LogP contribution in [0, 0.1) is 5.41 Å². The predicted molar refractivity (Wildman–Crippen MR) is 43.3 cm³/mol. The largest absolute Gasteiger partial charge is 0.396 e. The summed E-state index contributed by atoms with van der Waals surface area (Å²) in [6.45, 7) is 1.54. The SMILES string of the molecule is OCC12CO[P](S)(OC1)OC2. The van der Waals surface area contributed by atoms with Gasteiger partial charge in [0.25, 0.3) is 7.15 Å². The molecule has 0 aliphatic carbocycles. The molecule has 3 fully saturated rings. The molecular formula is C5H10O4PS. The summed E-state index contributed by atoms with van der Waals surface area (Å²) < 4.78 is 15.7. The first kappa shape index (κ1) is 8.23. The molecule has 3 aliphatic heterocycles. The molecule has 4 nitrogen and oxygen atoms in total. The van der Waals surface area contributed by atoms with E-state index in [9.17, 15) is 0 Å². The molecule has 0 amide bonds. The lowest BCUT2D eigenvalue weighted by molar-refractivity contribution is -0.0998. The first-order valence-corrected chi connectivity index (χ1v) is 6.04. The minimum atomic E-state index is -2.25. The van der Waals surface area contributed by atoms with Gasteiger partial charge in [-0.3, -0.25) is 0 Å². The Balaban J connectivity index is 2.12. The minimum Gasteiger partial charge on any atom is -0.396 e. The van der Waals surface area contributed by atoms with Gasteiger partial charge in [-0.1, -0.05) is 12.2 Å². The van der Waals surface area contributed by atoms with Crippen molar-refractivity contribution in [3.05, 3.63) is 0 Å². The van der Waals surface area contributed by atoms with Crippen molar-refractivity contribution in [1.82, 2.24) is 0 Å². The van der Waals surface area contributed by atoms with E-state index in [4.69, 9.17) is 18.7 Å². The summed E-state index contributed by atoms with van der Waals surface area (Å²) in [4.78, 5) is 0. The molecule has 65 valence electrons. The minimum absolute atomic E-state index is 0.0424. The second-order valence-corrected chi connectivity index (χ2v) is 6.13. The smallest absolute Gasteiger partial charge is 0.291 e. The van der Waals surface area contributed by atoms with Crippen molar-refractivity contribution < 1.29 is 18.7 Å². The molecule has 3 heterocycles. The summed E-state index contributed by atoms with van der Waals surface area (Å²) in [5, 5.41) is 9.00. The second kappa shape index (κ2) is 2.55. The molecule has 11 heavy (non-hydrogen) atoms. The number of aliphatic hydroxyl groups excluding tert-OH is 1. The Hall–Kier alpha value is 0.620.